The highest BCUT2D eigenvalue weighted by atomic mass is 32.1. The van der Waals surface area contributed by atoms with E-state index in [-0.39, 0.29) is 11.1 Å². The molecule has 7 heteroatoms. The standard InChI is InChI=1S/C21H21N3O3S/c25-19-17-7-6-15(20(26)27)12-18(17)22-21(28)24(19)10-3-9-23-11-8-14-4-1-2-5-16(14)13-23/h1-2,4-7,12H,3,8-11,13H2,(H,22,28)(H,26,27). The average Bonchev–Trinajstić information content (AvgIpc) is 2.69. The van der Waals surface area contributed by atoms with E-state index < -0.39 is 5.97 Å². The molecule has 0 saturated carbocycles. The Balaban J connectivity index is 1.48. The second-order valence-electron chi connectivity index (χ2n) is 7.10. The number of aromatic nitrogens is 2. The zero-order valence-corrected chi connectivity index (χ0v) is 16.2. The van der Waals surface area contributed by atoms with E-state index in [2.05, 4.69) is 34.1 Å². The van der Waals surface area contributed by atoms with E-state index >= 15 is 0 Å². The molecule has 3 aromatic rings. The maximum Gasteiger partial charge on any atom is 0.335 e. The van der Waals surface area contributed by atoms with E-state index in [1.54, 1.807) is 10.6 Å². The highest BCUT2D eigenvalue weighted by molar-refractivity contribution is 7.71. The predicted molar refractivity (Wildman–Crippen MR) is 110 cm³/mol. The Morgan fingerprint density at radius 2 is 1.93 bits per heavy atom. The Hall–Kier alpha value is -2.77. The van der Waals surface area contributed by atoms with Gasteiger partial charge in [-0.15, -0.1) is 0 Å². The number of aromatic amines is 1. The zero-order valence-electron chi connectivity index (χ0n) is 15.4. The fourth-order valence-electron chi connectivity index (χ4n) is 3.79. The first-order valence-corrected chi connectivity index (χ1v) is 9.73. The molecule has 0 saturated heterocycles. The molecule has 0 spiro atoms. The van der Waals surface area contributed by atoms with E-state index in [4.69, 9.17) is 17.3 Å². The van der Waals surface area contributed by atoms with Crippen LogP contribution in [0.4, 0.5) is 0 Å². The molecule has 2 heterocycles. The quantitative estimate of drug-likeness (QED) is 0.649. The van der Waals surface area contributed by atoms with Gasteiger partial charge in [0, 0.05) is 26.2 Å². The molecule has 6 nitrogen and oxygen atoms in total. The van der Waals surface area contributed by atoms with Crippen LogP contribution in [0.15, 0.2) is 47.3 Å². The number of hydrogen-bond donors (Lipinski definition) is 2. The number of aromatic carboxylic acids is 1. The summed E-state index contributed by atoms with van der Waals surface area (Å²) >= 11 is 5.34. The number of carboxylic acids is 1. The summed E-state index contributed by atoms with van der Waals surface area (Å²) < 4.78 is 1.89. The zero-order chi connectivity index (χ0) is 19.7. The lowest BCUT2D eigenvalue weighted by Crippen LogP contribution is -2.32. The molecular formula is C21H21N3O3S. The van der Waals surface area contributed by atoms with Crippen molar-refractivity contribution in [2.24, 2.45) is 0 Å². The first kappa shape index (κ1) is 18.6. The van der Waals surface area contributed by atoms with Crippen molar-refractivity contribution in [2.75, 3.05) is 13.1 Å². The first-order chi connectivity index (χ1) is 13.5. The van der Waals surface area contributed by atoms with Gasteiger partial charge >= 0.3 is 5.97 Å². The molecule has 0 radical (unpaired) electrons. The van der Waals surface area contributed by atoms with Gasteiger partial charge in [-0.3, -0.25) is 14.3 Å². The third-order valence-electron chi connectivity index (χ3n) is 5.29. The summed E-state index contributed by atoms with van der Waals surface area (Å²) in [7, 11) is 0. The third-order valence-corrected chi connectivity index (χ3v) is 5.62. The third kappa shape index (κ3) is 3.63. The van der Waals surface area contributed by atoms with Gasteiger partial charge in [-0.25, -0.2) is 4.79 Å². The van der Waals surface area contributed by atoms with Gasteiger partial charge in [-0.1, -0.05) is 24.3 Å². The maximum atomic E-state index is 12.8. The molecule has 2 aromatic carbocycles. The van der Waals surface area contributed by atoms with Crippen LogP contribution in [0.3, 0.4) is 0 Å². The highest BCUT2D eigenvalue weighted by Gasteiger charge is 2.15. The van der Waals surface area contributed by atoms with Crippen molar-refractivity contribution in [3.8, 4) is 0 Å². The fraction of sp³-hybridized carbons (Fsp3) is 0.286. The Bertz CT molecular complexity index is 1170. The van der Waals surface area contributed by atoms with E-state index in [0.717, 1.165) is 32.5 Å². The predicted octanol–water partition coefficient (Wildman–Crippen LogP) is 3.21. The summed E-state index contributed by atoms with van der Waals surface area (Å²) in [4.78, 5) is 29.3. The molecule has 1 aliphatic rings. The van der Waals surface area contributed by atoms with Crippen LogP contribution in [0.25, 0.3) is 10.9 Å². The van der Waals surface area contributed by atoms with Crippen molar-refractivity contribution in [1.29, 1.82) is 0 Å². The molecule has 0 bridgehead atoms. The van der Waals surface area contributed by atoms with Gasteiger partial charge in [0.15, 0.2) is 4.77 Å². The minimum atomic E-state index is -1.03. The number of hydrogen-bond acceptors (Lipinski definition) is 4. The monoisotopic (exact) mass is 395 g/mol. The summed E-state index contributed by atoms with van der Waals surface area (Å²) in [6.45, 7) is 3.39. The van der Waals surface area contributed by atoms with Gasteiger partial charge in [-0.05, 0) is 54.4 Å². The molecule has 0 atom stereocenters. The van der Waals surface area contributed by atoms with Crippen molar-refractivity contribution in [1.82, 2.24) is 14.5 Å². The van der Waals surface area contributed by atoms with Crippen molar-refractivity contribution in [2.45, 2.75) is 25.9 Å². The SMILES string of the molecule is O=C(O)c1ccc2c(=O)n(CCCN3CCc4ccccc4C3)c(=S)[nH]c2c1. The second-order valence-corrected chi connectivity index (χ2v) is 7.49. The molecule has 144 valence electrons. The Kier molecular flexibility index (Phi) is 5.11. The number of fused-ring (bicyclic) bond motifs is 2. The minimum Gasteiger partial charge on any atom is -0.478 e. The summed E-state index contributed by atoms with van der Waals surface area (Å²) in [5, 5.41) is 9.56. The average molecular weight is 395 g/mol. The molecule has 4 rings (SSSR count). The van der Waals surface area contributed by atoms with Gasteiger partial charge in [0.2, 0.25) is 0 Å². The normalized spacial score (nSPS) is 14.1. The number of rotatable bonds is 5. The maximum absolute atomic E-state index is 12.8. The number of carbonyl (C=O) groups is 1. The molecule has 2 N–H and O–H groups in total. The lowest BCUT2D eigenvalue weighted by atomic mass is 10.00. The molecular weight excluding hydrogens is 374 g/mol. The van der Waals surface area contributed by atoms with Gasteiger partial charge in [0.25, 0.3) is 5.56 Å². The molecule has 0 amide bonds. The van der Waals surface area contributed by atoms with Crippen LogP contribution in [0, 0.1) is 4.77 Å². The Morgan fingerprint density at radius 3 is 2.71 bits per heavy atom. The highest BCUT2D eigenvalue weighted by Crippen LogP contribution is 2.18. The summed E-state index contributed by atoms with van der Waals surface area (Å²) in [5.41, 5.74) is 3.20. The van der Waals surface area contributed by atoms with Crippen molar-refractivity contribution >= 4 is 29.1 Å². The molecule has 0 fully saturated rings. The van der Waals surface area contributed by atoms with E-state index in [1.165, 1.54) is 23.3 Å². The topological polar surface area (TPSA) is 78.3 Å². The summed E-state index contributed by atoms with van der Waals surface area (Å²) in [5.74, 6) is -1.03. The lowest BCUT2D eigenvalue weighted by molar-refractivity contribution is 0.0697. The van der Waals surface area contributed by atoms with Crippen LogP contribution in [-0.2, 0) is 19.5 Å². The van der Waals surface area contributed by atoms with E-state index in [9.17, 15) is 9.59 Å². The van der Waals surface area contributed by atoms with Gasteiger partial charge < -0.3 is 10.1 Å². The summed E-state index contributed by atoms with van der Waals surface area (Å²) in [6, 6.07) is 13.0. The lowest BCUT2D eigenvalue weighted by Gasteiger charge is -2.28. The van der Waals surface area contributed by atoms with Gasteiger partial charge in [0.1, 0.15) is 0 Å². The van der Waals surface area contributed by atoms with E-state index in [0.29, 0.717) is 22.2 Å². The molecule has 28 heavy (non-hydrogen) atoms. The number of nitrogens with zero attached hydrogens (tertiary/aromatic N) is 2. The molecule has 1 aliphatic heterocycles. The molecule has 0 unspecified atom stereocenters. The van der Waals surface area contributed by atoms with Crippen molar-refractivity contribution in [3.63, 3.8) is 0 Å². The van der Waals surface area contributed by atoms with Crippen LogP contribution < -0.4 is 5.56 Å². The summed E-state index contributed by atoms with van der Waals surface area (Å²) in [6.07, 6.45) is 1.87. The van der Waals surface area contributed by atoms with Crippen LogP contribution in [0.2, 0.25) is 0 Å². The Labute approximate surface area is 167 Å². The second kappa shape index (κ2) is 7.69. The largest absolute Gasteiger partial charge is 0.478 e. The van der Waals surface area contributed by atoms with Crippen molar-refractivity contribution < 1.29 is 9.90 Å². The smallest absolute Gasteiger partial charge is 0.335 e. The Morgan fingerprint density at radius 1 is 1.14 bits per heavy atom. The van der Waals surface area contributed by atoms with Gasteiger partial charge in [0.05, 0.1) is 16.5 Å². The number of nitrogens with one attached hydrogen (secondary N) is 1. The van der Waals surface area contributed by atoms with Crippen LogP contribution in [-0.4, -0.2) is 38.6 Å². The number of carboxylic acid groups (broad SMARTS) is 1. The minimum absolute atomic E-state index is 0.126. The number of benzene rings is 2. The number of H-pyrrole nitrogens is 1. The van der Waals surface area contributed by atoms with Crippen LogP contribution in [0.1, 0.15) is 27.9 Å². The van der Waals surface area contributed by atoms with Gasteiger partial charge in [-0.2, -0.15) is 0 Å². The fourth-order valence-corrected chi connectivity index (χ4v) is 4.07. The molecule has 0 aliphatic carbocycles. The van der Waals surface area contributed by atoms with Crippen LogP contribution in [0.5, 0.6) is 0 Å². The molecule has 1 aromatic heterocycles. The van der Waals surface area contributed by atoms with Crippen LogP contribution >= 0.6 is 12.2 Å². The first-order valence-electron chi connectivity index (χ1n) is 9.32. The van der Waals surface area contributed by atoms with E-state index in [1.807, 2.05) is 0 Å². The van der Waals surface area contributed by atoms with Crippen molar-refractivity contribution in [3.05, 3.63) is 74.3 Å².